The van der Waals surface area contributed by atoms with Gasteiger partial charge in [-0.05, 0) is 49.3 Å². The molecule has 1 N–H and O–H groups in total. The zero-order valence-corrected chi connectivity index (χ0v) is 14.0. The van der Waals surface area contributed by atoms with Crippen LogP contribution in [0.15, 0.2) is 24.3 Å². The van der Waals surface area contributed by atoms with Crippen molar-refractivity contribution in [3.63, 3.8) is 0 Å². The summed E-state index contributed by atoms with van der Waals surface area (Å²) in [7, 11) is 0. The van der Waals surface area contributed by atoms with Gasteiger partial charge in [-0.25, -0.2) is 0 Å². The van der Waals surface area contributed by atoms with E-state index in [9.17, 15) is 0 Å². The Morgan fingerprint density at radius 1 is 1.00 bits per heavy atom. The third kappa shape index (κ3) is 4.85. The van der Waals surface area contributed by atoms with Crippen molar-refractivity contribution >= 4 is 0 Å². The summed E-state index contributed by atoms with van der Waals surface area (Å²) in [5, 5.41) is 3.83. The smallest absolute Gasteiger partial charge is 0.0351 e. The molecule has 0 bridgehead atoms. The lowest BCUT2D eigenvalue weighted by atomic mass is 9.77. The average Bonchev–Trinajstić information content (AvgIpc) is 2.53. The molecule has 21 heavy (non-hydrogen) atoms. The average molecular weight is 287 g/mol. The Labute approximate surface area is 131 Å². The summed E-state index contributed by atoms with van der Waals surface area (Å²) >= 11 is 0. The Balaban J connectivity index is 1.93. The van der Waals surface area contributed by atoms with Crippen LogP contribution >= 0.6 is 0 Å². The minimum atomic E-state index is 0.598. The topological polar surface area (TPSA) is 12.0 Å². The van der Waals surface area contributed by atoms with Gasteiger partial charge in [-0.2, -0.15) is 0 Å². The highest BCUT2D eigenvalue weighted by atomic mass is 14.9. The van der Waals surface area contributed by atoms with Crippen LogP contribution in [0.3, 0.4) is 0 Å². The van der Waals surface area contributed by atoms with Crippen molar-refractivity contribution < 1.29 is 0 Å². The molecule has 0 fully saturated rings. The van der Waals surface area contributed by atoms with Gasteiger partial charge in [0, 0.05) is 6.04 Å². The summed E-state index contributed by atoms with van der Waals surface area (Å²) in [6.07, 6.45) is 12.3. The predicted molar refractivity (Wildman–Crippen MR) is 92.7 cm³/mol. The Morgan fingerprint density at radius 3 is 2.62 bits per heavy atom. The predicted octanol–water partition coefficient (Wildman–Crippen LogP) is 5.65. The molecule has 118 valence electrons. The molecule has 1 aliphatic carbocycles. The molecule has 0 saturated heterocycles. The molecule has 1 aromatic carbocycles. The first-order valence-corrected chi connectivity index (χ1v) is 9.18. The van der Waals surface area contributed by atoms with E-state index in [0.29, 0.717) is 6.04 Å². The lowest BCUT2D eigenvalue weighted by molar-refractivity contribution is 0.294. The van der Waals surface area contributed by atoms with Gasteiger partial charge in [-0.15, -0.1) is 0 Å². The first-order chi connectivity index (χ1) is 10.4. The molecule has 0 heterocycles. The number of aryl methyl sites for hydroxylation is 1. The highest BCUT2D eigenvalue weighted by Crippen LogP contribution is 2.37. The van der Waals surface area contributed by atoms with E-state index in [1.165, 1.54) is 57.8 Å². The van der Waals surface area contributed by atoms with Crippen LogP contribution in [0.2, 0.25) is 0 Å². The van der Waals surface area contributed by atoms with Gasteiger partial charge in [0.1, 0.15) is 0 Å². The number of nitrogens with one attached hydrogen (secondary N) is 1. The zero-order valence-electron chi connectivity index (χ0n) is 14.0. The van der Waals surface area contributed by atoms with Gasteiger partial charge in [0.2, 0.25) is 0 Å². The molecule has 0 aliphatic heterocycles. The lowest BCUT2D eigenvalue weighted by Crippen LogP contribution is -2.33. The van der Waals surface area contributed by atoms with Crippen LogP contribution < -0.4 is 5.32 Å². The van der Waals surface area contributed by atoms with Gasteiger partial charge in [0.25, 0.3) is 0 Å². The summed E-state index contributed by atoms with van der Waals surface area (Å²) in [6, 6.07) is 9.68. The quantitative estimate of drug-likeness (QED) is 0.579. The number of benzene rings is 1. The number of rotatable bonds is 9. The van der Waals surface area contributed by atoms with Crippen molar-refractivity contribution in [2.45, 2.75) is 77.7 Å². The van der Waals surface area contributed by atoms with Gasteiger partial charge >= 0.3 is 0 Å². The van der Waals surface area contributed by atoms with Gasteiger partial charge in [0.15, 0.2) is 0 Å². The van der Waals surface area contributed by atoms with Crippen LogP contribution in [0.4, 0.5) is 0 Å². The van der Waals surface area contributed by atoms with Crippen molar-refractivity contribution in [3.8, 4) is 0 Å². The van der Waals surface area contributed by atoms with Crippen LogP contribution in [0.1, 0.15) is 82.4 Å². The molecule has 2 atom stereocenters. The van der Waals surface area contributed by atoms with E-state index in [-0.39, 0.29) is 0 Å². The fraction of sp³-hybridized carbons (Fsp3) is 0.700. The second-order valence-corrected chi connectivity index (χ2v) is 6.63. The second kappa shape index (κ2) is 9.25. The van der Waals surface area contributed by atoms with Crippen LogP contribution in [-0.2, 0) is 6.42 Å². The first kappa shape index (κ1) is 16.5. The summed E-state index contributed by atoms with van der Waals surface area (Å²) in [5.41, 5.74) is 3.16. The molecule has 0 saturated carbocycles. The highest BCUT2D eigenvalue weighted by molar-refractivity contribution is 5.33. The maximum absolute atomic E-state index is 3.83. The van der Waals surface area contributed by atoms with Crippen molar-refractivity contribution in [1.82, 2.24) is 5.32 Å². The monoisotopic (exact) mass is 287 g/mol. The van der Waals surface area contributed by atoms with Gasteiger partial charge in [0.05, 0.1) is 0 Å². The Bertz CT molecular complexity index is 399. The highest BCUT2D eigenvalue weighted by Gasteiger charge is 2.28. The van der Waals surface area contributed by atoms with E-state index in [2.05, 4.69) is 43.4 Å². The molecule has 2 rings (SSSR count). The molecule has 1 nitrogen and oxygen atoms in total. The van der Waals surface area contributed by atoms with Crippen molar-refractivity contribution in [1.29, 1.82) is 0 Å². The standard InChI is InChI=1S/C20H33N/c1-3-5-6-7-8-12-18-15-14-17-11-9-10-13-19(17)20(18)21-16-4-2/h9-11,13,18,20-21H,3-8,12,14-16H2,1-2H3. The third-order valence-electron chi connectivity index (χ3n) is 4.94. The normalized spacial score (nSPS) is 21.2. The molecule has 0 radical (unpaired) electrons. The fourth-order valence-electron chi connectivity index (χ4n) is 3.72. The summed E-state index contributed by atoms with van der Waals surface area (Å²) in [5.74, 6) is 0.841. The Kier molecular flexibility index (Phi) is 7.29. The van der Waals surface area contributed by atoms with Crippen molar-refractivity contribution in [2.75, 3.05) is 6.54 Å². The molecule has 2 unspecified atom stereocenters. The molecule has 1 heteroatoms. The van der Waals surface area contributed by atoms with E-state index in [4.69, 9.17) is 0 Å². The van der Waals surface area contributed by atoms with E-state index in [0.717, 1.165) is 12.5 Å². The minimum Gasteiger partial charge on any atom is -0.310 e. The van der Waals surface area contributed by atoms with Crippen molar-refractivity contribution in [2.24, 2.45) is 5.92 Å². The first-order valence-electron chi connectivity index (χ1n) is 9.18. The number of hydrogen-bond donors (Lipinski definition) is 1. The Hall–Kier alpha value is -0.820. The van der Waals surface area contributed by atoms with E-state index in [1.54, 1.807) is 11.1 Å². The van der Waals surface area contributed by atoms with E-state index < -0.39 is 0 Å². The summed E-state index contributed by atoms with van der Waals surface area (Å²) in [6.45, 7) is 5.70. The summed E-state index contributed by atoms with van der Waals surface area (Å²) in [4.78, 5) is 0. The van der Waals surface area contributed by atoms with E-state index in [1.807, 2.05) is 0 Å². The SMILES string of the molecule is CCCCCCCC1CCc2ccccc2C1NCCC. The van der Waals surface area contributed by atoms with Gasteiger partial charge in [-0.1, -0.05) is 70.2 Å². The van der Waals surface area contributed by atoms with Gasteiger partial charge in [-0.3, -0.25) is 0 Å². The van der Waals surface area contributed by atoms with Crippen LogP contribution in [0.5, 0.6) is 0 Å². The molecule has 0 aromatic heterocycles. The van der Waals surface area contributed by atoms with Crippen LogP contribution in [0.25, 0.3) is 0 Å². The second-order valence-electron chi connectivity index (χ2n) is 6.63. The number of hydrogen-bond acceptors (Lipinski definition) is 1. The van der Waals surface area contributed by atoms with E-state index >= 15 is 0 Å². The molecule has 1 aliphatic rings. The van der Waals surface area contributed by atoms with Gasteiger partial charge < -0.3 is 5.32 Å². The molecular formula is C20H33N. The Morgan fingerprint density at radius 2 is 1.81 bits per heavy atom. The zero-order chi connectivity index (χ0) is 14.9. The molecule has 0 amide bonds. The maximum atomic E-state index is 3.83. The van der Waals surface area contributed by atoms with Crippen LogP contribution in [0, 0.1) is 5.92 Å². The lowest BCUT2D eigenvalue weighted by Gasteiger charge is -2.34. The number of fused-ring (bicyclic) bond motifs is 1. The van der Waals surface area contributed by atoms with Crippen molar-refractivity contribution in [3.05, 3.63) is 35.4 Å². The third-order valence-corrected chi connectivity index (χ3v) is 4.94. The summed E-state index contributed by atoms with van der Waals surface area (Å²) < 4.78 is 0. The molecule has 0 spiro atoms. The maximum Gasteiger partial charge on any atom is 0.0351 e. The molecule has 1 aromatic rings. The van der Waals surface area contributed by atoms with Crippen LogP contribution in [-0.4, -0.2) is 6.54 Å². The fourth-order valence-corrected chi connectivity index (χ4v) is 3.72. The molecular weight excluding hydrogens is 254 g/mol. The largest absolute Gasteiger partial charge is 0.310 e. The number of unbranched alkanes of at least 4 members (excludes halogenated alkanes) is 4. The minimum absolute atomic E-state index is 0.598.